The molecule has 9 heteroatoms. The molecule has 7 nitrogen and oxygen atoms in total. The number of para-hydroxylation sites is 1. The molecule has 3 aromatic rings. The maximum atomic E-state index is 12.4. The fraction of sp³-hybridized carbons (Fsp3) is 0.200. The number of hydrogen-bond acceptors (Lipinski definition) is 6. The predicted molar refractivity (Wildman–Crippen MR) is 107 cm³/mol. The van der Waals surface area contributed by atoms with Crippen molar-refractivity contribution < 1.29 is 65.7 Å². The van der Waals surface area contributed by atoms with Gasteiger partial charge in [0.05, 0.1) is 22.1 Å². The number of ether oxygens (including phenoxy) is 1. The van der Waals surface area contributed by atoms with Gasteiger partial charge in [0.25, 0.3) is 5.56 Å². The van der Waals surface area contributed by atoms with E-state index in [1.807, 2.05) is 24.3 Å². The third-order valence-electron chi connectivity index (χ3n) is 4.51. The number of hydrogen-bond donors (Lipinski definition) is 0. The molecule has 4 rings (SSSR count). The molecule has 1 fully saturated rings. The van der Waals surface area contributed by atoms with Crippen LogP contribution in [0.15, 0.2) is 53.3 Å². The molecule has 0 N–H and O–H groups in total. The summed E-state index contributed by atoms with van der Waals surface area (Å²) in [6.45, 7) is 0.153. The fourth-order valence-corrected chi connectivity index (χ4v) is 3.78. The van der Waals surface area contributed by atoms with Crippen molar-refractivity contribution in [2.24, 2.45) is 7.05 Å². The van der Waals surface area contributed by atoms with Gasteiger partial charge in [0, 0.05) is 7.05 Å². The molecule has 1 aliphatic heterocycles. The van der Waals surface area contributed by atoms with Crippen LogP contribution in [-0.4, -0.2) is 25.9 Å². The Morgan fingerprint density at radius 1 is 1.10 bits per heavy atom. The van der Waals surface area contributed by atoms with Crippen molar-refractivity contribution in [2.75, 3.05) is 0 Å². The van der Waals surface area contributed by atoms with Crippen molar-refractivity contribution in [1.82, 2.24) is 9.55 Å². The largest absolute Gasteiger partial charge is 1.00 e. The van der Waals surface area contributed by atoms with E-state index in [1.54, 1.807) is 31.3 Å². The van der Waals surface area contributed by atoms with E-state index in [9.17, 15) is 14.4 Å². The van der Waals surface area contributed by atoms with E-state index >= 15 is 0 Å². The maximum Gasteiger partial charge on any atom is 1.00 e. The van der Waals surface area contributed by atoms with Gasteiger partial charge in [-0.15, -0.1) is 0 Å². The van der Waals surface area contributed by atoms with Gasteiger partial charge in [-0.05, 0) is 36.2 Å². The summed E-state index contributed by atoms with van der Waals surface area (Å²) in [6, 6.07) is 14.5. The number of amides is 2. The summed E-state index contributed by atoms with van der Waals surface area (Å²) >= 11 is 0.957. The van der Waals surface area contributed by atoms with E-state index in [-0.39, 0.29) is 69.5 Å². The van der Waals surface area contributed by atoms with Gasteiger partial charge >= 0.3 is 51.4 Å². The molecule has 0 saturated carbocycles. The summed E-state index contributed by atoms with van der Waals surface area (Å²) in [5.74, 6) is 0.775. The van der Waals surface area contributed by atoms with Gasteiger partial charge < -0.3 is 19.6 Å². The SMILES string of the molecule is Cn1c(COc2ccc(CC3SC(=O)[N-]C3=O)cc2)nc2ccccc2c1=O.[K+]. The van der Waals surface area contributed by atoms with Crippen molar-refractivity contribution in [1.29, 1.82) is 0 Å². The van der Waals surface area contributed by atoms with E-state index in [0.29, 0.717) is 28.9 Å². The molecule has 29 heavy (non-hydrogen) atoms. The molecule has 2 aromatic carbocycles. The zero-order chi connectivity index (χ0) is 19.7. The normalized spacial score (nSPS) is 15.8. The summed E-state index contributed by atoms with van der Waals surface area (Å²) in [4.78, 5) is 39.7. The molecule has 0 spiro atoms. The number of fused-ring (bicyclic) bond motifs is 1. The molecular formula is C20H16KN3O4S. The Morgan fingerprint density at radius 2 is 1.83 bits per heavy atom. The van der Waals surface area contributed by atoms with Crippen molar-refractivity contribution in [3.8, 4) is 5.75 Å². The summed E-state index contributed by atoms with van der Waals surface area (Å²) in [5, 5.41) is 3.11. The minimum absolute atomic E-state index is 0. The Kier molecular flexibility index (Phi) is 7.31. The summed E-state index contributed by atoms with van der Waals surface area (Å²) in [6.07, 6.45) is 0.444. The first-order chi connectivity index (χ1) is 13.5. The Hall–Kier alpha value is -1.49. The zero-order valence-corrected chi connectivity index (χ0v) is 19.9. The standard InChI is InChI=1S/C20H17N3O4S.K/c1-23-17(21-15-5-3-2-4-14(15)19(23)25)11-27-13-8-6-12(7-9-13)10-16-18(24)22-20(26)28-16;/h2-9,16H,10-11H2,1H3,(H,22,24,26);/q;+1/p-1. The average molecular weight is 434 g/mol. The van der Waals surface area contributed by atoms with Gasteiger partial charge in [-0.1, -0.05) is 36.0 Å². The minimum Gasteiger partial charge on any atom is -0.585 e. The van der Waals surface area contributed by atoms with E-state index < -0.39 is 10.5 Å². The van der Waals surface area contributed by atoms with Gasteiger partial charge in [0.1, 0.15) is 23.4 Å². The summed E-state index contributed by atoms with van der Waals surface area (Å²) in [7, 11) is 1.67. The van der Waals surface area contributed by atoms with Crippen LogP contribution in [0.25, 0.3) is 16.2 Å². The van der Waals surface area contributed by atoms with Crippen LogP contribution < -0.4 is 61.7 Å². The number of thioether (sulfide) groups is 1. The van der Waals surface area contributed by atoms with Gasteiger partial charge in [-0.2, -0.15) is 0 Å². The second-order valence-corrected chi connectivity index (χ2v) is 7.52. The predicted octanol–water partition coefficient (Wildman–Crippen LogP) is 0.195. The molecule has 2 amide bonds. The van der Waals surface area contributed by atoms with Crippen LogP contribution in [-0.2, 0) is 24.9 Å². The molecule has 2 heterocycles. The van der Waals surface area contributed by atoms with Crippen LogP contribution in [0.1, 0.15) is 11.4 Å². The number of imide groups is 1. The fourth-order valence-electron chi connectivity index (χ4n) is 2.97. The van der Waals surface area contributed by atoms with Crippen LogP contribution in [0.4, 0.5) is 4.79 Å². The quantitative estimate of drug-likeness (QED) is 0.534. The van der Waals surface area contributed by atoms with Gasteiger partial charge in [0.15, 0.2) is 0 Å². The minimum atomic E-state index is -0.449. The third-order valence-corrected chi connectivity index (χ3v) is 5.45. The van der Waals surface area contributed by atoms with Crippen LogP contribution in [0.5, 0.6) is 5.75 Å². The second kappa shape index (κ2) is 9.54. The Balaban J connectivity index is 0.00000240. The zero-order valence-electron chi connectivity index (χ0n) is 16.0. The number of rotatable bonds is 5. The van der Waals surface area contributed by atoms with Crippen LogP contribution >= 0.6 is 11.8 Å². The maximum absolute atomic E-state index is 12.4. The van der Waals surface area contributed by atoms with Crippen molar-refractivity contribution >= 4 is 33.8 Å². The van der Waals surface area contributed by atoms with E-state index in [1.165, 1.54) is 4.57 Å². The van der Waals surface area contributed by atoms with Crippen LogP contribution in [0.2, 0.25) is 0 Å². The van der Waals surface area contributed by atoms with E-state index in [2.05, 4.69) is 10.3 Å². The van der Waals surface area contributed by atoms with Crippen molar-refractivity contribution in [3.05, 3.63) is 75.6 Å². The molecule has 0 aliphatic carbocycles. The topological polar surface area (TPSA) is 92.4 Å². The van der Waals surface area contributed by atoms with E-state index in [4.69, 9.17) is 4.74 Å². The molecule has 1 aliphatic rings. The molecule has 142 valence electrons. The first kappa shape index (κ1) is 22.2. The van der Waals surface area contributed by atoms with Crippen molar-refractivity contribution in [2.45, 2.75) is 18.3 Å². The van der Waals surface area contributed by atoms with Crippen LogP contribution in [0.3, 0.4) is 0 Å². The van der Waals surface area contributed by atoms with E-state index in [0.717, 1.165) is 17.3 Å². The number of nitrogens with zero attached hydrogens (tertiary/aromatic N) is 3. The number of benzene rings is 2. The van der Waals surface area contributed by atoms with Gasteiger partial charge in [0.2, 0.25) is 0 Å². The molecule has 0 bridgehead atoms. The number of aromatic nitrogens is 2. The molecule has 1 atom stereocenters. The average Bonchev–Trinajstić information content (AvgIpc) is 3.01. The third kappa shape index (κ3) is 4.99. The molecule has 1 unspecified atom stereocenters. The Morgan fingerprint density at radius 3 is 2.52 bits per heavy atom. The smallest absolute Gasteiger partial charge is 0.585 e. The Labute approximate surface area is 213 Å². The second-order valence-electron chi connectivity index (χ2n) is 6.37. The summed E-state index contributed by atoms with van der Waals surface area (Å²) in [5.41, 5.74) is 1.44. The molecule has 1 aromatic heterocycles. The van der Waals surface area contributed by atoms with Gasteiger partial charge in [-0.25, -0.2) is 4.98 Å². The number of carbonyl (C=O) groups is 2. The molecule has 0 radical (unpaired) electrons. The van der Waals surface area contributed by atoms with Gasteiger partial charge in [-0.3, -0.25) is 9.36 Å². The first-order valence-corrected chi connectivity index (χ1v) is 9.52. The van der Waals surface area contributed by atoms with Crippen molar-refractivity contribution in [3.63, 3.8) is 0 Å². The monoisotopic (exact) mass is 433 g/mol. The summed E-state index contributed by atoms with van der Waals surface area (Å²) < 4.78 is 7.26. The molecule has 1 saturated heterocycles. The van der Waals surface area contributed by atoms with Crippen LogP contribution in [0, 0.1) is 0 Å². The Bertz CT molecular complexity index is 1130. The molecular weight excluding hydrogens is 417 g/mol. The number of carbonyl (C=O) groups excluding carboxylic acids is 2. The first-order valence-electron chi connectivity index (χ1n) is 8.64.